The number of nitrogens with zero attached hydrogens (tertiary/aromatic N) is 2. The fraction of sp³-hybridized carbons (Fsp3) is 0.176. The smallest absolute Gasteiger partial charge is 0.296 e. The Hall–Kier alpha value is -2.62. The lowest BCUT2D eigenvalue weighted by Gasteiger charge is -2.13. The predicted octanol–water partition coefficient (Wildman–Crippen LogP) is 2.31. The van der Waals surface area contributed by atoms with Crippen LogP contribution in [0.25, 0.3) is 16.6 Å². The van der Waals surface area contributed by atoms with Crippen LogP contribution in [0, 0.1) is 13.8 Å². The maximum atomic E-state index is 12.7. The highest BCUT2D eigenvalue weighted by Crippen LogP contribution is 2.14. The summed E-state index contributed by atoms with van der Waals surface area (Å²) < 4.78 is 2.76. The van der Waals surface area contributed by atoms with E-state index in [1.807, 2.05) is 38.1 Å². The molecule has 2 aromatic carbocycles. The molecule has 0 bridgehead atoms. The molecular formula is C17H16N2O2. The lowest BCUT2D eigenvalue weighted by Crippen LogP contribution is -2.38. The molecule has 0 unspecified atom stereocenters. The van der Waals surface area contributed by atoms with Crippen LogP contribution in [0.1, 0.15) is 11.1 Å². The van der Waals surface area contributed by atoms with Crippen LogP contribution in [0.5, 0.6) is 0 Å². The first-order valence-corrected chi connectivity index (χ1v) is 6.79. The minimum atomic E-state index is -0.328. The molecule has 0 spiro atoms. The zero-order chi connectivity index (χ0) is 15.1. The van der Waals surface area contributed by atoms with Gasteiger partial charge in [-0.2, -0.15) is 0 Å². The Labute approximate surface area is 121 Å². The molecule has 1 heterocycles. The largest absolute Gasteiger partial charge is 0.335 e. The van der Waals surface area contributed by atoms with Crippen LogP contribution in [-0.4, -0.2) is 9.13 Å². The van der Waals surface area contributed by atoms with Crippen LogP contribution >= 0.6 is 0 Å². The van der Waals surface area contributed by atoms with Crippen molar-refractivity contribution < 1.29 is 0 Å². The van der Waals surface area contributed by atoms with Gasteiger partial charge in [0.05, 0.1) is 16.6 Å². The molecule has 1 aromatic heterocycles. The van der Waals surface area contributed by atoms with E-state index in [4.69, 9.17) is 0 Å². The normalized spacial score (nSPS) is 11.0. The Kier molecular flexibility index (Phi) is 3.01. The van der Waals surface area contributed by atoms with Crippen LogP contribution in [0.2, 0.25) is 0 Å². The van der Waals surface area contributed by atoms with Gasteiger partial charge in [0.2, 0.25) is 0 Å². The number of rotatable bonds is 1. The van der Waals surface area contributed by atoms with E-state index in [1.165, 1.54) is 9.13 Å². The number of aryl methyl sites for hydroxylation is 3. The van der Waals surface area contributed by atoms with Crippen molar-refractivity contribution in [2.75, 3.05) is 0 Å². The van der Waals surface area contributed by atoms with Crippen molar-refractivity contribution in [3.63, 3.8) is 0 Å². The summed E-state index contributed by atoms with van der Waals surface area (Å²) in [4.78, 5) is 25.3. The molecule has 3 aromatic rings. The van der Waals surface area contributed by atoms with Gasteiger partial charge in [0.1, 0.15) is 0 Å². The van der Waals surface area contributed by atoms with Gasteiger partial charge >= 0.3 is 5.69 Å². The first kappa shape index (κ1) is 13.4. The molecular weight excluding hydrogens is 264 g/mol. The van der Waals surface area contributed by atoms with E-state index in [9.17, 15) is 9.59 Å². The summed E-state index contributed by atoms with van der Waals surface area (Å²) >= 11 is 0. The molecule has 0 saturated heterocycles. The van der Waals surface area contributed by atoms with Gasteiger partial charge in [-0.1, -0.05) is 29.8 Å². The number of para-hydroxylation sites is 1. The topological polar surface area (TPSA) is 44.0 Å². The lowest BCUT2D eigenvalue weighted by atomic mass is 10.1. The molecule has 4 nitrogen and oxygen atoms in total. The van der Waals surface area contributed by atoms with Gasteiger partial charge in [-0.25, -0.2) is 9.36 Å². The highest BCUT2D eigenvalue weighted by atomic mass is 16.2. The summed E-state index contributed by atoms with van der Waals surface area (Å²) in [6.07, 6.45) is 0. The zero-order valence-corrected chi connectivity index (χ0v) is 12.3. The second kappa shape index (κ2) is 4.74. The van der Waals surface area contributed by atoms with Gasteiger partial charge in [-0.3, -0.25) is 9.36 Å². The number of hydrogen-bond acceptors (Lipinski definition) is 2. The Morgan fingerprint density at radius 1 is 0.952 bits per heavy atom. The predicted molar refractivity (Wildman–Crippen MR) is 84.3 cm³/mol. The molecule has 3 rings (SSSR count). The lowest BCUT2D eigenvalue weighted by molar-refractivity contribution is 0.771. The van der Waals surface area contributed by atoms with Crippen LogP contribution in [0.3, 0.4) is 0 Å². The van der Waals surface area contributed by atoms with E-state index in [0.717, 1.165) is 11.1 Å². The number of fused-ring (bicyclic) bond motifs is 1. The van der Waals surface area contributed by atoms with Crippen molar-refractivity contribution >= 4 is 10.9 Å². The van der Waals surface area contributed by atoms with Crippen molar-refractivity contribution in [3.05, 3.63) is 74.4 Å². The average molecular weight is 280 g/mol. The molecule has 0 saturated carbocycles. The summed E-state index contributed by atoms with van der Waals surface area (Å²) in [6.45, 7) is 3.89. The maximum Gasteiger partial charge on any atom is 0.335 e. The SMILES string of the molecule is Cc1ccc(-n2c(=O)c3ccccc3n(C)c2=O)c(C)c1. The van der Waals surface area contributed by atoms with Gasteiger partial charge in [0, 0.05) is 7.05 Å². The van der Waals surface area contributed by atoms with Gasteiger partial charge < -0.3 is 0 Å². The minimum absolute atomic E-state index is 0.277. The van der Waals surface area contributed by atoms with Gasteiger partial charge in [0.25, 0.3) is 5.56 Å². The molecule has 0 amide bonds. The Bertz CT molecular complexity index is 965. The third-order valence-electron chi connectivity index (χ3n) is 3.77. The van der Waals surface area contributed by atoms with Crippen molar-refractivity contribution in [2.24, 2.45) is 7.05 Å². The molecule has 21 heavy (non-hydrogen) atoms. The molecule has 0 fully saturated rings. The quantitative estimate of drug-likeness (QED) is 0.686. The summed E-state index contributed by atoms with van der Waals surface area (Å²) in [5.41, 5.74) is 2.68. The van der Waals surface area contributed by atoms with Crippen molar-refractivity contribution in [1.29, 1.82) is 0 Å². The maximum absolute atomic E-state index is 12.7. The third-order valence-corrected chi connectivity index (χ3v) is 3.77. The van der Waals surface area contributed by atoms with Crippen LogP contribution < -0.4 is 11.2 Å². The molecule has 0 atom stereocenters. The van der Waals surface area contributed by atoms with Crippen LogP contribution in [0.15, 0.2) is 52.1 Å². The van der Waals surface area contributed by atoms with Crippen molar-refractivity contribution in [1.82, 2.24) is 9.13 Å². The first-order valence-electron chi connectivity index (χ1n) is 6.79. The summed E-state index contributed by atoms with van der Waals surface area (Å²) in [5, 5.41) is 0.541. The van der Waals surface area contributed by atoms with E-state index < -0.39 is 0 Å². The number of benzene rings is 2. The Morgan fingerprint density at radius 3 is 2.38 bits per heavy atom. The molecule has 0 N–H and O–H groups in total. The molecule has 106 valence electrons. The van der Waals surface area contributed by atoms with Crippen molar-refractivity contribution in [3.8, 4) is 5.69 Å². The highest BCUT2D eigenvalue weighted by Gasteiger charge is 2.13. The van der Waals surface area contributed by atoms with E-state index in [-0.39, 0.29) is 11.2 Å². The average Bonchev–Trinajstić information content (AvgIpc) is 2.47. The first-order chi connectivity index (χ1) is 10.0. The van der Waals surface area contributed by atoms with Crippen molar-refractivity contribution in [2.45, 2.75) is 13.8 Å². The Morgan fingerprint density at radius 2 is 1.67 bits per heavy atom. The number of hydrogen-bond donors (Lipinski definition) is 0. The van der Waals surface area contributed by atoms with Gasteiger partial charge in [-0.05, 0) is 37.6 Å². The third kappa shape index (κ3) is 2.00. The Balaban J connectivity index is 2.49. The molecule has 4 heteroatoms. The number of aromatic nitrogens is 2. The van der Waals surface area contributed by atoms with E-state index in [1.54, 1.807) is 25.2 Å². The second-order valence-corrected chi connectivity index (χ2v) is 5.29. The van der Waals surface area contributed by atoms with E-state index in [0.29, 0.717) is 16.6 Å². The second-order valence-electron chi connectivity index (χ2n) is 5.29. The van der Waals surface area contributed by atoms with Gasteiger partial charge in [0.15, 0.2) is 0 Å². The minimum Gasteiger partial charge on any atom is -0.296 e. The van der Waals surface area contributed by atoms with Crippen LogP contribution in [-0.2, 0) is 7.05 Å². The van der Waals surface area contributed by atoms with Gasteiger partial charge in [-0.15, -0.1) is 0 Å². The van der Waals surface area contributed by atoms with E-state index >= 15 is 0 Å². The summed E-state index contributed by atoms with van der Waals surface area (Å²) in [6, 6.07) is 12.9. The monoisotopic (exact) mass is 280 g/mol. The standard InChI is InChI=1S/C17H16N2O2/c1-11-8-9-14(12(2)10-11)19-16(20)13-6-4-5-7-15(13)18(3)17(19)21/h4-10H,1-3H3. The molecule has 0 radical (unpaired) electrons. The highest BCUT2D eigenvalue weighted by molar-refractivity contribution is 5.78. The molecule has 0 aliphatic heterocycles. The van der Waals surface area contributed by atoms with Crippen LogP contribution in [0.4, 0.5) is 0 Å². The fourth-order valence-electron chi connectivity index (χ4n) is 2.68. The summed E-state index contributed by atoms with van der Waals surface area (Å²) in [5.74, 6) is 0. The van der Waals surface area contributed by atoms with E-state index in [2.05, 4.69) is 0 Å². The molecule has 0 aliphatic carbocycles. The fourth-order valence-corrected chi connectivity index (χ4v) is 2.68. The zero-order valence-electron chi connectivity index (χ0n) is 12.3. The molecule has 0 aliphatic rings. The summed E-state index contributed by atoms with van der Waals surface area (Å²) in [7, 11) is 1.68.